The van der Waals surface area contributed by atoms with Gasteiger partial charge in [-0.2, -0.15) is 0 Å². The number of carbonyl (C=O) groups excluding carboxylic acids is 1. The van der Waals surface area contributed by atoms with E-state index < -0.39 is 16.8 Å². The van der Waals surface area contributed by atoms with Crippen LogP contribution < -0.4 is 0 Å². The molecule has 20 heavy (non-hydrogen) atoms. The number of fused-ring (bicyclic) bond motifs is 1. The lowest BCUT2D eigenvalue weighted by Gasteiger charge is -2.09. The van der Waals surface area contributed by atoms with E-state index in [0.29, 0.717) is 11.3 Å². The molecule has 2 aromatic rings. The minimum Gasteiger partial charge on any atom is -0.466 e. The fraction of sp³-hybridized carbons (Fsp3) is 0.357. The van der Waals surface area contributed by atoms with Crippen LogP contribution in [0.5, 0.6) is 0 Å². The van der Waals surface area contributed by atoms with Gasteiger partial charge in [0.15, 0.2) is 0 Å². The number of esters is 1. The second-order valence-corrected chi connectivity index (χ2v) is 4.41. The number of carbonyl (C=O) groups is 1. The molecule has 1 aromatic heterocycles. The van der Waals surface area contributed by atoms with Crippen LogP contribution in [0.1, 0.15) is 25.0 Å². The Morgan fingerprint density at radius 3 is 2.85 bits per heavy atom. The van der Waals surface area contributed by atoms with E-state index in [4.69, 9.17) is 9.15 Å². The van der Waals surface area contributed by atoms with Crippen molar-refractivity contribution in [3.63, 3.8) is 0 Å². The monoisotopic (exact) mass is 277 g/mol. The molecule has 6 heteroatoms. The van der Waals surface area contributed by atoms with Gasteiger partial charge in [0.05, 0.1) is 18.9 Å². The van der Waals surface area contributed by atoms with Crippen molar-refractivity contribution in [2.75, 3.05) is 13.2 Å². The molecule has 6 nitrogen and oxygen atoms in total. The maximum Gasteiger partial charge on any atom is 0.306 e. The summed E-state index contributed by atoms with van der Waals surface area (Å²) in [6, 6.07) is 9.06. The lowest BCUT2D eigenvalue weighted by molar-refractivity contribution is -0.483. The third kappa shape index (κ3) is 3.34. The van der Waals surface area contributed by atoms with Gasteiger partial charge in [0.1, 0.15) is 11.3 Å². The van der Waals surface area contributed by atoms with Gasteiger partial charge in [-0.25, -0.2) is 0 Å². The summed E-state index contributed by atoms with van der Waals surface area (Å²) in [7, 11) is 0. The fourth-order valence-corrected chi connectivity index (χ4v) is 2.06. The molecule has 2 rings (SSSR count). The SMILES string of the molecule is CCOC(=O)CC(C[N+](=O)[O-])c1cc2ccccc2o1. The van der Waals surface area contributed by atoms with Gasteiger partial charge in [-0.05, 0) is 19.1 Å². The normalized spacial score (nSPS) is 12.2. The molecule has 0 saturated carbocycles. The Kier molecular flexibility index (Phi) is 4.34. The van der Waals surface area contributed by atoms with E-state index in [1.165, 1.54) is 0 Å². The number of nitro groups is 1. The molecule has 0 bridgehead atoms. The van der Waals surface area contributed by atoms with E-state index in [1.54, 1.807) is 19.1 Å². The van der Waals surface area contributed by atoms with Crippen LogP contribution in [0.15, 0.2) is 34.7 Å². The van der Waals surface area contributed by atoms with Gasteiger partial charge in [0, 0.05) is 10.3 Å². The Hall–Kier alpha value is -2.37. The van der Waals surface area contributed by atoms with Crippen molar-refractivity contribution in [1.82, 2.24) is 0 Å². The van der Waals surface area contributed by atoms with E-state index in [-0.39, 0.29) is 19.6 Å². The largest absolute Gasteiger partial charge is 0.466 e. The third-order valence-electron chi connectivity index (χ3n) is 2.93. The summed E-state index contributed by atoms with van der Waals surface area (Å²) in [6.45, 7) is 1.59. The predicted octanol–water partition coefficient (Wildman–Crippen LogP) is 2.75. The summed E-state index contributed by atoms with van der Waals surface area (Å²) < 4.78 is 10.4. The molecule has 0 aliphatic carbocycles. The standard InChI is InChI=1S/C14H15NO5/c1-2-19-14(16)8-11(9-15(17)18)13-7-10-5-3-4-6-12(10)20-13/h3-7,11H,2,8-9H2,1H3. The van der Waals surface area contributed by atoms with Crippen LogP contribution in [0.25, 0.3) is 11.0 Å². The number of rotatable bonds is 6. The van der Waals surface area contributed by atoms with E-state index in [2.05, 4.69) is 0 Å². The molecule has 0 spiro atoms. The van der Waals surface area contributed by atoms with Crippen molar-refractivity contribution < 1.29 is 18.9 Å². The zero-order valence-corrected chi connectivity index (χ0v) is 11.1. The van der Waals surface area contributed by atoms with Crippen LogP contribution in [0.2, 0.25) is 0 Å². The van der Waals surface area contributed by atoms with Crippen molar-refractivity contribution in [2.24, 2.45) is 0 Å². The zero-order chi connectivity index (χ0) is 14.5. The average molecular weight is 277 g/mol. The molecule has 0 N–H and O–H groups in total. The summed E-state index contributed by atoms with van der Waals surface area (Å²) in [6.07, 6.45) is -0.0609. The summed E-state index contributed by atoms with van der Waals surface area (Å²) in [4.78, 5) is 21.8. The van der Waals surface area contributed by atoms with E-state index >= 15 is 0 Å². The summed E-state index contributed by atoms with van der Waals surface area (Å²) >= 11 is 0. The quantitative estimate of drug-likeness (QED) is 0.460. The Morgan fingerprint density at radius 2 is 2.20 bits per heavy atom. The molecule has 0 aliphatic heterocycles. The Bertz CT molecular complexity index is 586. The molecule has 0 fully saturated rings. The van der Waals surface area contributed by atoms with Gasteiger partial charge in [0.25, 0.3) is 0 Å². The van der Waals surface area contributed by atoms with Crippen molar-refractivity contribution >= 4 is 16.9 Å². The van der Waals surface area contributed by atoms with E-state index in [0.717, 1.165) is 5.39 Å². The van der Waals surface area contributed by atoms with E-state index in [1.807, 2.05) is 18.2 Å². The minimum absolute atomic E-state index is 0.0609. The molecule has 0 radical (unpaired) electrons. The maximum absolute atomic E-state index is 11.5. The Morgan fingerprint density at radius 1 is 1.45 bits per heavy atom. The number of para-hydroxylation sites is 1. The highest BCUT2D eigenvalue weighted by atomic mass is 16.6. The maximum atomic E-state index is 11.5. The van der Waals surface area contributed by atoms with Gasteiger partial charge in [-0.3, -0.25) is 14.9 Å². The van der Waals surface area contributed by atoms with Gasteiger partial charge >= 0.3 is 5.97 Å². The minimum atomic E-state index is -0.614. The molecule has 1 unspecified atom stereocenters. The van der Waals surface area contributed by atoms with Gasteiger partial charge in [-0.15, -0.1) is 0 Å². The average Bonchev–Trinajstić information content (AvgIpc) is 2.81. The first-order valence-corrected chi connectivity index (χ1v) is 6.36. The highest BCUT2D eigenvalue weighted by Crippen LogP contribution is 2.27. The number of benzene rings is 1. The molecule has 0 saturated heterocycles. The smallest absolute Gasteiger partial charge is 0.306 e. The molecular formula is C14H15NO5. The van der Waals surface area contributed by atoms with E-state index in [9.17, 15) is 14.9 Å². The molecule has 0 amide bonds. The highest BCUT2D eigenvalue weighted by Gasteiger charge is 2.25. The molecule has 1 aromatic carbocycles. The predicted molar refractivity (Wildman–Crippen MR) is 72.1 cm³/mol. The van der Waals surface area contributed by atoms with Crippen molar-refractivity contribution in [2.45, 2.75) is 19.3 Å². The van der Waals surface area contributed by atoms with Crippen molar-refractivity contribution in [3.05, 3.63) is 46.2 Å². The lowest BCUT2D eigenvalue weighted by Crippen LogP contribution is -2.17. The molecule has 0 aliphatic rings. The number of hydrogen-bond donors (Lipinski definition) is 0. The molecule has 1 heterocycles. The van der Waals surface area contributed by atoms with Crippen LogP contribution in [0.4, 0.5) is 0 Å². The first-order valence-electron chi connectivity index (χ1n) is 6.36. The Labute approximate surface area is 115 Å². The number of furan rings is 1. The zero-order valence-electron chi connectivity index (χ0n) is 11.1. The number of nitrogens with zero attached hydrogens (tertiary/aromatic N) is 1. The van der Waals surface area contributed by atoms with Gasteiger partial charge < -0.3 is 9.15 Å². The number of hydrogen-bond acceptors (Lipinski definition) is 5. The van der Waals surface area contributed by atoms with Gasteiger partial charge in [0.2, 0.25) is 6.54 Å². The summed E-state index contributed by atoms with van der Waals surface area (Å²) in [5.74, 6) is -0.632. The molecule has 106 valence electrons. The van der Waals surface area contributed by atoms with Crippen molar-refractivity contribution in [3.8, 4) is 0 Å². The second kappa shape index (κ2) is 6.18. The third-order valence-corrected chi connectivity index (χ3v) is 2.93. The first kappa shape index (κ1) is 14.0. The first-order chi connectivity index (χ1) is 9.60. The van der Waals surface area contributed by atoms with Crippen molar-refractivity contribution in [1.29, 1.82) is 0 Å². The highest BCUT2D eigenvalue weighted by molar-refractivity contribution is 5.78. The molecule has 1 atom stereocenters. The number of ether oxygens (including phenoxy) is 1. The van der Waals surface area contributed by atoms with Crippen LogP contribution in [-0.4, -0.2) is 24.0 Å². The fourth-order valence-electron chi connectivity index (χ4n) is 2.06. The summed E-state index contributed by atoms with van der Waals surface area (Å²) in [5, 5.41) is 11.6. The van der Waals surface area contributed by atoms with Crippen LogP contribution in [0, 0.1) is 10.1 Å². The van der Waals surface area contributed by atoms with Crippen LogP contribution >= 0.6 is 0 Å². The molecular weight excluding hydrogens is 262 g/mol. The van der Waals surface area contributed by atoms with Crippen LogP contribution in [-0.2, 0) is 9.53 Å². The topological polar surface area (TPSA) is 82.6 Å². The lowest BCUT2D eigenvalue weighted by atomic mass is 10.0. The Balaban J connectivity index is 2.24. The summed E-state index contributed by atoms with van der Waals surface area (Å²) in [5.41, 5.74) is 0.653. The van der Waals surface area contributed by atoms with Crippen LogP contribution in [0.3, 0.4) is 0 Å². The second-order valence-electron chi connectivity index (χ2n) is 4.41. The van der Waals surface area contributed by atoms with Gasteiger partial charge in [-0.1, -0.05) is 18.2 Å².